The lowest BCUT2D eigenvalue weighted by Gasteiger charge is -2.23. The fourth-order valence-electron chi connectivity index (χ4n) is 2.01. The molecule has 6 heteroatoms. The van der Waals surface area contributed by atoms with Gasteiger partial charge in [0.15, 0.2) is 5.96 Å². The number of aryl methyl sites for hydroxylation is 1. The third-order valence-electron chi connectivity index (χ3n) is 3.50. The van der Waals surface area contributed by atoms with Crippen LogP contribution in [0.3, 0.4) is 0 Å². The summed E-state index contributed by atoms with van der Waals surface area (Å²) in [6.45, 7) is 7.97. The second-order valence-corrected chi connectivity index (χ2v) is 5.60. The van der Waals surface area contributed by atoms with Crippen LogP contribution in [0, 0.1) is 0 Å². The van der Waals surface area contributed by atoms with Crippen molar-refractivity contribution >= 4 is 5.96 Å². The van der Waals surface area contributed by atoms with Crippen molar-refractivity contribution in [2.75, 3.05) is 27.2 Å². The van der Waals surface area contributed by atoms with Crippen LogP contribution in [0.1, 0.15) is 38.8 Å². The van der Waals surface area contributed by atoms with Gasteiger partial charge in [0.25, 0.3) is 0 Å². The molecule has 0 aliphatic carbocycles. The Morgan fingerprint density at radius 1 is 1.43 bits per heavy atom. The molecule has 6 nitrogen and oxygen atoms in total. The first-order valence-corrected chi connectivity index (χ1v) is 7.67. The van der Waals surface area contributed by atoms with Gasteiger partial charge in [-0.05, 0) is 34.4 Å². The van der Waals surface area contributed by atoms with Crippen molar-refractivity contribution in [1.82, 2.24) is 25.3 Å². The van der Waals surface area contributed by atoms with Crippen molar-refractivity contribution in [3.63, 3.8) is 0 Å². The number of likely N-dealkylation sites (N-methyl/N-ethyl adjacent to an activating group) is 1. The molecule has 0 aliphatic heterocycles. The number of hydrogen-bond acceptors (Lipinski definition) is 3. The molecule has 0 aromatic carbocycles. The molecule has 2 unspecified atom stereocenters. The predicted molar refractivity (Wildman–Crippen MR) is 88.5 cm³/mol. The van der Waals surface area contributed by atoms with Gasteiger partial charge in [-0.25, -0.2) is 0 Å². The maximum atomic E-state index is 4.72. The molecule has 0 amide bonds. The highest BCUT2D eigenvalue weighted by atomic mass is 15.3. The standard InChI is InChI=1S/C15H30N6/c1-7-12(3)19-15(16-8-2)17-10-14(20(4)5)13-9-18-21(6)11-13/h9,11-12,14H,7-8,10H2,1-6H3,(H2,16,17,19). The van der Waals surface area contributed by atoms with Crippen LogP contribution in [-0.4, -0.2) is 53.9 Å². The zero-order chi connectivity index (χ0) is 15.8. The third-order valence-corrected chi connectivity index (χ3v) is 3.50. The zero-order valence-corrected chi connectivity index (χ0v) is 14.2. The summed E-state index contributed by atoms with van der Waals surface area (Å²) in [6, 6.07) is 0.644. The lowest BCUT2D eigenvalue weighted by atomic mass is 10.1. The molecular formula is C15H30N6. The van der Waals surface area contributed by atoms with E-state index in [9.17, 15) is 0 Å². The fraction of sp³-hybridized carbons (Fsp3) is 0.733. The molecule has 21 heavy (non-hydrogen) atoms. The Kier molecular flexibility index (Phi) is 7.22. The average molecular weight is 294 g/mol. The van der Waals surface area contributed by atoms with Gasteiger partial charge in [-0.1, -0.05) is 6.92 Å². The van der Waals surface area contributed by atoms with Crippen molar-refractivity contribution < 1.29 is 0 Å². The van der Waals surface area contributed by atoms with E-state index in [-0.39, 0.29) is 6.04 Å². The van der Waals surface area contributed by atoms with Crippen LogP contribution in [0.5, 0.6) is 0 Å². The molecule has 120 valence electrons. The maximum absolute atomic E-state index is 4.72. The quantitative estimate of drug-likeness (QED) is 0.589. The highest BCUT2D eigenvalue weighted by Gasteiger charge is 2.16. The summed E-state index contributed by atoms with van der Waals surface area (Å²) < 4.78 is 1.83. The first kappa shape index (κ1) is 17.5. The second kappa shape index (κ2) is 8.67. The molecule has 0 saturated carbocycles. The molecule has 0 fully saturated rings. The minimum absolute atomic E-state index is 0.228. The number of rotatable bonds is 7. The number of nitrogens with zero attached hydrogens (tertiary/aromatic N) is 4. The van der Waals surface area contributed by atoms with Gasteiger partial charge in [0.2, 0.25) is 0 Å². The zero-order valence-electron chi connectivity index (χ0n) is 14.2. The monoisotopic (exact) mass is 294 g/mol. The maximum Gasteiger partial charge on any atom is 0.191 e. The van der Waals surface area contributed by atoms with E-state index >= 15 is 0 Å². The minimum atomic E-state index is 0.228. The van der Waals surface area contributed by atoms with Gasteiger partial charge in [0, 0.05) is 31.4 Å². The summed E-state index contributed by atoms with van der Waals surface area (Å²) in [5.74, 6) is 0.877. The summed E-state index contributed by atoms with van der Waals surface area (Å²) in [5, 5.41) is 11.0. The molecule has 0 spiro atoms. The normalized spacial score (nSPS) is 15.1. The van der Waals surface area contributed by atoms with E-state index in [1.54, 1.807) is 0 Å². The van der Waals surface area contributed by atoms with Gasteiger partial charge in [0.05, 0.1) is 18.8 Å². The molecule has 1 aromatic rings. The average Bonchev–Trinajstić information content (AvgIpc) is 2.85. The van der Waals surface area contributed by atoms with Gasteiger partial charge >= 0.3 is 0 Å². The Morgan fingerprint density at radius 2 is 2.14 bits per heavy atom. The lowest BCUT2D eigenvalue weighted by Crippen LogP contribution is -2.42. The van der Waals surface area contributed by atoms with Crippen LogP contribution in [-0.2, 0) is 7.05 Å². The predicted octanol–water partition coefficient (Wildman–Crippen LogP) is 1.38. The van der Waals surface area contributed by atoms with Gasteiger partial charge in [0.1, 0.15) is 0 Å². The molecule has 1 rings (SSSR count). The van der Waals surface area contributed by atoms with E-state index in [1.165, 1.54) is 5.56 Å². The molecule has 1 heterocycles. The van der Waals surface area contributed by atoms with Crippen LogP contribution >= 0.6 is 0 Å². The molecule has 0 radical (unpaired) electrons. The summed E-state index contributed by atoms with van der Waals surface area (Å²) in [7, 11) is 6.08. The van der Waals surface area contributed by atoms with Gasteiger partial charge in [-0.3, -0.25) is 9.67 Å². The van der Waals surface area contributed by atoms with Crippen molar-refractivity contribution in [3.8, 4) is 0 Å². The van der Waals surface area contributed by atoms with Gasteiger partial charge in [-0.2, -0.15) is 5.10 Å². The molecule has 0 bridgehead atoms. The summed E-state index contributed by atoms with van der Waals surface area (Å²) in [4.78, 5) is 6.90. The Balaban J connectivity index is 2.78. The van der Waals surface area contributed by atoms with E-state index in [0.717, 1.165) is 18.9 Å². The third kappa shape index (κ3) is 5.75. The Hall–Kier alpha value is -1.56. The first-order valence-electron chi connectivity index (χ1n) is 7.67. The largest absolute Gasteiger partial charge is 0.357 e. The topological polar surface area (TPSA) is 57.5 Å². The first-order chi connectivity index (χ1) is 9.97. The van der Waals surface area contributed by atoms with Crippen LogP contribution in [0.2, 0.25) is 0 Å². The van der Waals surface area contributed by atoms with Crippen LogP contribution in [0.25, 0.3) is 0 Å². The molecule has 1 aromatic heterocycles. The van der Waals surface area contributed by atoms with Gasteiger partial charge in [-0.15, -0.1) is 0 Å². The van der Waals surface area contributed by atoms with Crippen molar-refractivity contribution in [2.45, 2.75) is 39.3 Å². The summed E-state index contributed by atoms with van der Waals surface area (Å²) in [6.07, 6.45) is 5.04. The highest BCUT2D eigenvalue weighted by molar-refractivity contribution is 5.80. The minimum Gasteiger partial charge on any atom is -0.357 e. The molecule has 0 aliphatic rings. The smallest absolute Gasteiger partial charge is 0.191 e. The van der Waals surface area contributed by atoms with Crippen LogP contribution < -0.4 is 10.6 Å². The van der Waals surface area contributed by atoms with E-state index in [1.807, 2.05) is 17.9 Å². The Bertz CT molecular complexity index is 437. The fourth-order valence-corrected chi connectivity index (χ4v) is 2.01. The number of guanidine groups is 1. The van der Waals surface area contributed by atoms with Crippen molar-refractivity contribution in [2.24, 2.45) is 12.0 Å². The number of nitrogens with one attached hydrogen (secondary N) is 2. The highest BCUT2D eigenvalue weighted by Crippen LogP contribution is 2.17. The number of hydrogen-bond donors (Lipinski definition) is 2. The molecule has 2 atom stereocenters. The van der Waals surface area contributed by atoms with E-state index < -0.39 is 0 Å². The van der Waals surface area contributed by atoms with E-state index in [4.69, 9.17) is 4.99 Å². The second-order valence-electron chi connectivity index (χ2n) is 5.60. The number of aromatic nitrogens is 2. The Morgan fingerprint density at radius 3 is 2.62 bits per heavy atom. The van der Waals surface area contributed by atoms with E-state index in [0.29, 0.717) is 12.6 Å². The van der Waals surface area contributed by atoms with Crippen molar-refractivity contribution in [3.05, 3.63) is 18.0 Å². The van der Waals surface area contributed by atoms with Crippen LogP contribution in [0.4, 0.5) is 0 Å². The van der Waals surface area contributed by atoms with Crippen LogP contribution in [0.15, 0.2) is 17.4 Å². The SMILES string of the molecule is CCNC(=NCC(c1cnn(C)c1)N(C)C)NC(C)CC. The number of aliphatic imine (C=N–C) groups is 1. The lowest BCUT2D eigenvalue weighted by molar-refractivity contribution is 0.306. The van der Waals surface area contributed by atoms with E-state index in [2.05, 4.69) is 61.7 Å². The summed E-state index contributed by atoms with van der Waals surface area (Å²) >= 11 is 0. The Labute approximate surface area is 128 Å². The molecular weight excluding hydrogens is 264 g/mol. The molecule has 0 saturated heterocycles. The molecule has 2 N–H and O–H groups in total. The van der Waals surface area contributed by atoms with Crippen molar-refractivity contribution in [1.29, 1.82) is 0 Å². The summed E-state index contributed by atoms with van der Waals surface area (Å²) in [5.41, 5.74) is 1.19. The van der Waals surface area contributed by atoms with Gasteiger partial charge < -0.3 is 15.5 Å².